The maximum absolute atomic E-state index is 12.1. The Hall–Kier alpha value is -2.47. The zero-order valence-corrected chi connectivity index (χ0v) is 11.3. The minimum absolute atomic E-state index is 0.149. The second kappa shape index (κ2) is 5.88. The number of anilines is 1. The molecule has 2 heterocycles. The Morgan fingerprint density at radius 3 is 2.86 bits per heavy atom. The lowest BCUT2D eigenvalue weighted by molar-refractivity contribution is -0.124. The molecule has 0 unspecified atom stereocenters. The molecule has 0 bridgehead atoms. The summed E-state index contributed by atoms with van der Waals surface area (Å²) in [5.41, 5.74) is 1.73. The summed E-state index contributed by atoms with van der Waals surface area (Å²) in [5.74, 6) is -0.149. The highest BCUT2D eigenvalue weighted by Crippen LogP contribution is 2.26. The van der Waals surface area contributed by atoms with Gasteiger partial charge in [-0.3, -0.25) is 9.59 Å². The normalized spacial score (nSPS) is 17.6. The van der Waals surface area contributed by atoms with Crippen LogP contribution in [0.25, 0.3) is 11.3 Å². The first-order valence-corrected chi connectivity index (χ1v) is 6.81. The fraction of sp³-hybridized carbons (Fsp3) is 0.267. The predicted octanol–water partition coefficient (Wildman–Crippen LogP) is 1.55. The predicted molar refractivity (Wildman–Crippen MR) is 77.9 cm³/mol. The van der Waals surface area contributed by atoms with Crippen LogP contribution in [0.15, 0.2) is 41.2 Å². The van der Waals surface area contributed by atoms with Gasteiger partial charge in [-0.1, -0.05) is 18.2 Å². The number of rotatable bonds is 3. The zero-order chi connectivity index (χ0) is 14.7. The van der Waals surface area contributed by atoms with Crippen LogP contribution in [-0.4, -0.2) is 28.8 Å². The Bertz CT molecular complexity index is 685. The number of para-hydroxylation sites is 1. The summed E-state index contributed by atoms with van der Waals surface area (Å²) >= 11 is 0. The molecule has 0 spiro atoms. The van der Waals surface area contributed by atoms with Crippen molar-refractivity contribution in [2.45, 2.75) is 18.9 Å². The molecule has 2 N–H and O–H groups in total. The van der Waals surface area contributed by atoms with Crippen molar-refractivity contribution < 1.29 is 9.53 Å². The lowest BCUT2D eigenvalue weighted by Gasteiger charge is -2.13. The van der Waals surface area contributed by atoms with Crippen LogP contribution in [0.4, 0.5) is 5.69 Å². The Morgan fingerprint density at radius 2 is 2.14 bits per heavy atom. The molecule has 0 aliphatic carbocycles. The van der Waals surface area contributed by atoms with E-state index in [4.69, 9.17) is 4.74 Å². The van der Waals surface area contributed by atoms with E-state index in [0.29, 0.717) is 18.0 Å². The summed E-state index contributed by atoms with van der Waals surface area (Å²) in [5, 5.41) is 9.25. The first kappa shape index (κ1) is 13.5. The van der Waals surface area contributed by atoms with Crippen molar-refractivity contribution in [3.05, 3.63) is 46.8 Å². The molecule has 1 atom stereocenters. The topological polar surface area (TPSA) is 84.1 Å². The molecule has 1 aromatic heterocycles. The number of nitrogens with zero attached hydrogens (tertiary/aromatic N) is 1. The van der Waals surface area contributed by atoms with Crippen molar-refractivity contribution >= 4 is 11.6 Å². The zero-order valence-electron chi connectivity index (χ0n) is 11.3. The van der Waals surface area contributed by atoms with Crippen LogP contribution >= 0.6 is 0 Å². The van der Waals surface area contributed by atoms with Crippen LogP contribution in [0.5, 0.6) is 0 Å². The highest BCUT2D eigenvalue weighted by Gasteiger charge is 2.24. The maximum Gasteiger partial charge on any atom is 0.264 e. The average Bonchev–Trinajstić information content (AvgIpc) is 3.03. The van der Waals surface area contributed by atoms with Crippen molar-refractivity contribution in [1.82, 2.24) is 10.2 Å². The standard InChI is InChI=1S/C15H15N3O3/c19-14-8-7-12(17-18-14)10-4-1-2-5-11(10)16-15(20)13-6-3-9-21-13/h1-2,4-5,7-8,13H,3,6,9H2,(H,16,20)(H,18,19)/t13-/m1/s1. The van der Waals surface area contributed by atoms with Crippen LogP contribution in [0.1, 0.15) is 12.8 Å². The number of aromatic nitrogens is 2. The molecule has 1 fully saturated rings. The van der Waals surface area contributed by atoms with Crippen LogP contribution in [-0.2, 0) is 9.53 Å². The summed E-state index contributed by atoms with van der Waals surface area (Å²) in [6, 6.07) is 10.3. The van der Waals surface area contributed by atoms with Crippen molar-refractivity contribution in [1.29, 1.82) is 0 Å². The third-order valence-corrected chi connectivity index (χ3v) is 3.36. The van der Waals surface area contributed by atoms with E-state index in [2.05, 4.69) is 15.5 Å². The van der Waals surface area contributed by atoms with Gasteiger partial charge < -0.3 is 10.1 Å². The van der Waals surface area contributed by atoms with Crippen molar-refractivity contribution in [3.63, 3.8) is 0 Å². The number of carbonyl (C=O) groups excluding carboxylic acids is 1. The van der Waals surface area contributed by atoms with E-state index in [0.717, 1.165) is 18.4 Å². The molecular formula is C15H15N3O3. The monoisotopic (exact) mass is 285 g/mol. The molecule has 1 saturated heterocycles. The van der Waals surface area contributed by atoms with Gasteiger partial charge in [-0.05, 0) is 25.0 Å². The van der Waals surface area contributed by atoms with Gasteiger partial charge in [-0.15, -0.1) is 0 Å². The van der Waals surface area contributed by atoms with Crippen LogP contribution in [0, 0.1) is 0 Å². The summed E-state index contributed by atoms with van der Waals surface area (Å²) < 4.78 is 5.37. The van der Waals surface area contributed by atoms with Gasteiger partial charge in [0.05, 0.1) is 11.4 Å². The molecule has 21 heavy (non-hydrogen) atoms. The van der Waals surface area contributed by atoms with E-state index in [9.17, 15) is 9.59 Å². The van der Waals surface area contributed by atoms with E-state index < -0.39 is 0 Å². The van der Waals surface area contributed by atoms with E-state index in [-0.39, 0.29) is 17.6 Å². The van der Waals surface area contributed by atoms with Gasteiger partial charge in [0.15, 0.2) is 0 Å². The molecule has 1 aliphatic heterocycles. The molecule has 108 valence electrons. The summed E-state index contributed by atoms with van der Waals surface area (Å²) in [6.07, 6.45) is 1.26. The van der Waals surface area contributed by atoms with Crippen LogP contribution < -0.4 is 10.9 Å². The number of hydrogen-bond donors (Lipinski definition) is 2. The van der Waals surface area contributed by atoms with Gasteiger partial charge in [0.25, 0.3) is 11.5 Å². The number of H-pyrrole nitrogens is 1. The first-order chi connectivity index (χ1) is 10.2. The smallest absolute Gasteiger partial charge is 0.264 e. The highest BCUT2D eigenvalue weighted by atomic mass is 16.5. The van der Waals surface area contributed by atoms with Gasteiger partial charge in [-0.2, -0.15) is 5.10 Å². The lowest BCUT2D eigenvalue weighted by atomic mass is 10.1. The van der Waals surface area contributed by atoms with E-state index in [1.54, 1.807) is 12.1 Å². The van der Waals surface area contributed by atoms with Crippen molar-refractivity contribution in [2.75, 3.05) is 11.9 Å². The van der Waals surface area contributed by atoms with Crippen LogP contribution in [0.2, 0.25) is 0 Å². The molecule has 1 aromatic carbocycles. The first-order valence-electron chi connectivity index (χ1n) is 6.81. The number of ether oxygens (including phenoxy) is 1. The molecule has 0 saturated carbocycles. The molecule has 1 amide bonds. The molecule has 2 aromatic rings. The highest BCUT2D eigenvalue weighted by molar-refractivity contribution is 5.97. The lowest BCUT2D eigenvalue weighted by Crippen LogP contribution is -2.27. The quantitative estimate of drug-likeness (QED) is 0.896. The van der Waals surface area contributed by atoms with Gasteiger partial charge >= 0.3 is 0 Å². The largest absolute Gasteiger partial charge is 0.368 e. The van der Waals surface area contributed by atoms with E-state index in [1.807, 2.05) is 18.2 Å². The number of nitrogens with one attached hydrogen (secondary N) is 2. The van der Waals surface area contributed by atoms with Gasteiger partial charge in [-0.25, -0.2) is 5.10 Å². The van der Waals surface area contributed by atoms with E-state index >= 15 is 0 Å². The number of aromatic amines is 1. The fourth-order valence-corrected chi connectivity index (χ4v) is 2.31. The molecule has 6 nitrogen and oxygen atoms in total. The third kappa shape index (κ3) is 3.00. The minimum Gasteiger partial charge on any atom is -0.368 e. The van der Waals surface area contributed by atoms with E-state index in [1.165, 1.54) is 6.07 Å². The molecule has 0 radical (unpaired) electrons. The summed E-state index contributed by atoms with van der Waals surface area (Å²) in [7, 11) is 0. The second-order valence-corrected chi connectivity index (χ2v) is 4.84. The molecule has 3 rings (SSSR count). The summed E-state index contributed by atoms with van der Waals surface area (Å²) in [6.45, 7) is 0.626. The fourth-order valence-electron chi connectivity index (χ4n) is 2.31. The Labute approximate surface area is 121 Å². The van der Waals surface area contributed by atoms with Crippen LogP contribution in [0.3, 0.4) is 0 Å². The molecule has 1 aliphatic rings. The molecule has 6 heteroatoms. The average molecular weight is 285 g/mol. The maximum atomic E-state index is 12.1. The Morgan fingerprint density at radius 1 is 1.29 bits per heavy atom. The minimum atomic E-state index is -0.387. The number of carbonyl (C=O) groups is 1. The second-order valence-electron chi connectivity index (χ2n) is 4.84. The summed E-state index contributed by atoms with van der Waals surface area (Å²) in [4.78, 5) is 23.2. The Kier molecular flexibility index (Phi) is 3.79. The number of hydrogen-bond acceptors (Lipinski definition) is 4. The van der Waals surface area contributed by atoms with Gasteiger partial charge in [0.2, 0.25) is 0 Å². The van der Waals surface area contributed by atoms with Crippen molar-refractivity contribution in [3.8, 4) is 11.3 Å². The Balaban J connectivity index is 1.87. The number of amides is 1. The van der Waals surface area contributed by atoms with Crippen molar-refractivity contribution in [2.24, 2.45) is 0 Å². The van der Waals surface area contributed by atoms with Gasteiger partial charge in [0.1, 0.15) is 6.10 Å². The SMILES string of the molecule is O=C(Nc1ccccc1-c1ccc(=O)[nH]n1)[C@H]1CCCO1. The number of benzene rings is 1. The molecular weight excluding hydrogens is 270 g/mol. The third-order valence-electron chi connectivity index (χ3n) is 3.36. The van der Waals surface area contributed by atoms with Gasteiger partial charge in [0, 0.05) is 18.2 Å².